The standard InChI is InChI=1S/C25H31Cl2N7O2S/c1-16(21-5-4-20(26)7-22(21)27)30-24-8-23(31-25-28-15-29-34(24)25)33-11-19(12-33)18-3-2-6-32(10-18)9-17-13-37(35,36)14-17/h4-5,7-8,15-19,30H,2-3,6,9-14H2,1H3/t16-,18+/m1/s1. The molecule has 198 valence electrons. The highest BCUT2D eigenvalue weighted by molar-refractivity contribution is 7.92. The largest absolute Gasteiger partial charge is 0.363 e. The van der Waals surface area contributed by atoms with Crippen molar-refractivity contribution in [1.29, 1.82) is 0 Å². The number of hydrogen-bond donors (Lipinski definition) is 1. The van der Waals surface area contributed by atoms with E-state index in [1.165, 1.54) is 19.2 Å². The Morgan fingerprint density at radius 3 is 2.70 bits per heavy atom. The molecule has 3 aliphatic rings. The molecule has 3 aliphatic heterocycles. The molecule has 2 atom stereocenters. The van der Waals surface area contributed by atoms with E-state index < -0.39 is 9.84 Å². The number of piperidine rings is 1. The van der Waals surface area contributed by atoms with Gasteiger partial charge in [-0.05, 0) is 61.8 Å². The molecule has 3 aromatic rings. The summed E-state index contributed by atoms with van der Waals surface area (Å²) < 4.78 is 24.8. The van der Waals surface area contributed by atoms with E-state index in [1.807, 2.05) is 25.1 Å². The lowest BCUT2D eigenvalue weighted by Gasteiger charge is -2.47. The third-order valence-electron chi connectivity index (χ3n) is 7.97. The van der Waals surface area contributed by atoms with Gasteiger partial charge in [0.1, 0.15) is 18.0 Å². The van der Waals surface area contributed by atoms with Crippen LogP contribution in [0.25, 0.3) is 5.78 Å². The van der Waals surface area contributed by atoms with Gasteiger partial charge < -0.3 is 15.1 Å². The summed E-state index contributed by atoms with van der Waals surface area (Å²) in [6.45, 7) is 7.04. The van der Waals surface area contributed by atoms with Crippen molar-refractivity contribution in [3.63, 3.8) is 0 Å². The van der Waals surface area contributed by atoms with Crippen LogP contribution >= 0.6 is 23.2 Å². The predicted octanol–water partition coefficient (Wildman–Crippen LogP) is 3.80. The lowest BCUT2D eigenvalue weighted by atomic mass is 9.80. The fourth-order valence-corrected chi connectivity index (χ4v) is 8.12. The van der Waals surface area contributed by atoms with Crippen LogP contribution in [0.2, 0.25) is 10.0 Å². The number of benzene rings is 1. The first kappa shape index (κ1) is 25.2. The summed E-state index contributed by atoms with van der Waals surface area (Å²) in [4.78, 5) is 13.9. The number of sulfone groups is 1. The third-order valence-corrected chi connectivity index (χ3v) is 10.5. The Morgan fingerprint density at radius 2 is 1.95 bits per heavy atom. The van der Waals surface area contributed by atoms with Gasteiger partial charge >= 0.3 is 0 Å². The first-order chi connectivity index (χ1) is 17.7. The number of anilines is 2. The normalized spacial score (nSPS) is 23.5. The van der Waals surface area contributed by atoms with Crippen LogP contribution in [0.15, 0.2) is 30.6 Å². The van der Waals surface area contributed by atoms with E-state index in [4.69, 9.17) is 28.2 Å². The van der Waals surface area contributed by atoms with Crippen molar-refractivity contribution in [3.05, 3.63) is 46.2 Å². The Morgan fingerprint density at radius 1 is 1.14 bits per heavy atom. The molecule has 1 N–H and O–H groups in total. The van der Waals surface area contributed by atoms with Gasteiger partial charge in [0.2, 0.25) is 0 Å². The molecule has 0 unspecified atom stereocenters. The van der Waals surface area contributed by atoms with Gasteiger partial charge in [-0.1, -0.05) is 29.3 Å². The Bertz CT molecular complexity index is 1400. The minimum atomic E-state index is -2.75. The molecular formula is C25H31Cl2N7O2S. The predicted molar refractivity (Wildman–Crippen MR) is 146 cm³/mol. The molecule has 0 saturated carbocycles. The maximum atomic E-state index is 11.5. The average Bonchev–Trinajstić information content (AvgIpc) is 3.26. The lowest BCUT2D eigenvalue weighted by molar-refractivity contribution is 0.109. The third kappa shape index (κ3) is 5.26. The van der Waals surface area contributed by atoms with Gasteiger partial charge in [-0.3, -0.25) is 0 Å². The van der Waals surface area contributed by atoms with Gasteiger partial charge in [-0.15, -0.1) is 0 Å². The van der Waals surface area contributed by atoms with Crippen LogP contribution in [0, 0.1) is 17.8 Å². The zero-order valence-electron chi connectivity index (χ0n) is 20.7. The Kier molecular flexibility index (Phi) is 6.71. The molecule has 6 rings (SSSR count). The van der Waals surface area contributed by atoms with Gasteiger partial charge in [0.15, 0.2) is 9.84 Å². The van der Waals surface area contributed by atoms with Gasteiger partial charge in [-0.2, -0.15) is 19.6 Å². The van der Waals surface area contributed by atoms with E-state index in [-0.39, 0.29) is 6.04 Å². The maximum absolute atomic E-state index is 11.5. The quantitative estimate of drug-likeness (QED) is 0.463. The molecule has 5 heterocycles. The number of nitrogens with one attached hydrogen (secondary N) is 1. The van der Waals surface area contributed by atoms with Crippen molar-refractivity contribution in [2.75, 3.05) is 54.4 Å². The molecule has 12 heteroatoms. The molecule has 3 fully saturated rings. The van der Waals surface area contributed by atoms with Crippen molar-refractivity contribution < 1.29 is 8.42 Å². The second-order valence-electron chi connectivity index (χ2n) is 10.8. The van der Waals surface area contributed by atoms with Crippen molar-refractivity contribution in [2.45, 2.75) is 25.8 Å². The van der Waals surface area contributed by atoms with Crippen LogP contribution in [-0.2, 0) is 9.84 Å². The SMILES string of the molecule is C[C@@H](Nc1cc(N2CC([C@H]3CCCN(CC4CS(=O)(=O)C4)C3)C2)nc2ncnn12)c1ccc(Cl)cc1Cl. The number of hydrogen-bond acceptors (Lipinski definition) is 8. The first-order valence-electron chi connectivity index (χ1n) is 12.8. The van der Waals surface area contributed by atoms with Crippen LogP contribution in [-0.4, -0.2) is 77.1 Å². The van der Waals surface area contributed by atoms with Crippen molar-refractivity contribution >= 4 is 50.5 Å². The second kappa shape index (κ2) is 9.87. The van der Waals surface area contributed by atoms with Crippen LogP contribution < -0.4 is 10.2 Å². The van der Waals surface area contributed by atoms with Gasteiger partial charge in [0, 0.05) is 42.3 Å². The molecule has 1 aromatic carbocycles. The number of rotatable bonds is 7. The van der Waals surface area contributed by atoms with Crippen molar-refractivity contribution in [3.8, 4) is 0 Å². The van der Waals surface area contributed by atoms with Crippen LogP contribution in [0.5, 0.6) is 0 Å². The van der Waals surface area contributed by atoms with Gasteiger partial charge in [0.25, 0.3) is 5.78 Å². The highest BCUT2D eigenvalue weighted by atomic mass is 35.5. The van der Waals surface area contributed by atoms with Crippen LogP contribution in [0.3, 0.4) is 0 Å². The zero-order valence-corrected chi connectivity index (χ0v) is 23.1. The first-order valence-corrected chi connectivity index (χ1v) is 15.4. The van der Waals surface area contributed by atoms with E-state index in [1.54, 1.807) is 10.6 Å². The van der Waals surface area contributed by atoms with Gasteiger partial charge in [-0.25, -0.2) is 8.42 Å². The molecule has 0 radical (unpaired) electrons. The lowest BCUT2D eigenvalue weighted by Crippen LogP contribution is -2.55. The summed E-state index contributed by atoms with van der Waals surface area (Å²) in [5.41, 5.74) is 0.947. The van der Waals surface area contributed by atoms with E-state index in [0.29, 0.717) is 45.1 Å². The Hall–Kier alpha value is -2.14. The average molecular weight is 565 g/mol. The number of likely N-dealkylation sites (tertiary alicyclic amines) is 1. The second-order valence-corrected chi connectivity index (χ2v) is 13.8. The minimum absolute atomic E-state index is 0.0737. The van der Waals surface area contributed by atoms with Gasteiger partial charge in [0.05, 0.1) is 17.5 Å². The van der Waals surface area contributed by atoms with Crippen LogP contribution in [0.4, 0.5) is 11.6 Å². The fourth-order valence-electron chi connectivity index (χ4n) is 6.00. The van der Waals surface area contributed by atoms with Crippen molar-refractivity contribution in [2.24, 2.45) is 17.8 Å². The number of fused-ring (bicyclic) bond motifs is 1. The summed E-state index contributed by atoms with van der Waals surface area (Å²) in [6, 6.07) is 7.48. The number of halogens is 2. The smallest absolute Gasteiger partial charge is 0.256 e. The Labute approximate surface area is 227 Å². The molecular weight excluding hydrogens is 533 g/mol. The number of nitrogens with zero attached hydrogens (tertiary/aromatic N) is 6. The summed E-state index contributed by atoms with van der Waals surface area (Å²) in [5.74, 6) is 4.55. The van der Waals surface area contributed by atoms with Crippen LogP contribution in [0.1, 0.15) is 31.4 Å². The summed E-state index contributed by atoms with van der Waals surface area (Å²) >= 11 is 12.5. The van der Waals surface area contributed by atoms with E-state index >= 15 is 0 Å². The van der Waals surface area contributed by atoms with Crippen molar-refractivity contribution in [1.82, 2.24) is 24.5 Å². The molecule has 3 saturated heterocycles. The van der Waals surface area contributed by atoms with E-state index in [0.717, 1.165) is 49.9 Å². The summed E-state index contributed by atoms with van der Waals surface area (Å²) in [6.07, 6.45) is 3.94. The van der Waals surface area contributed by atoms with E-state index in [2.05, 4.69) is 25.2 Å². The minimum Gasteiger partial charge on any atom is -0.363 e. The fraction of sp³-hybridized carbons (Fsp3) is 0.560. The molecule has 0 aliphatic carbocycles. The summed E-state index contributed by atoms with van der Waals surface area (Å²) in [5, 5.41) is 9.10. The Balaban J connectivity index is 1.11. The molecule has 0 amide bonds. The molecule has 2 aromatic heterocycles. The molecule has 37 heavy (non-hydrogen) atoms. The molecule has 0 spiro atoms. The summed E-state index contributed by atoms with van der Waals surface area (Å²) in [7, 11) is -2.75. The highest BCUT2D eigenvalue weighted by Gasteiger charge is 2.39. The maximum Gasteiger partial charge on any atom is 0.256 e. The zero-order chi connectivity index (χ0) is 25.7. The van der Waals surface area contributed by atoms with E-state index in [9.17, 15) is 8.42 Å². The molecule has 9 nitrogen and oxygen atoms in total. The highest BCUT2D eigenvalue weighted by Crippen LogP contribution is 2.35. The number of aromatic nitrogens is 4. The topological polar surface area (TPSA) is 95.7 Å². The molecule has 0 bridgehead atoms. The monoisotopic (exact) mass is 563 g/mol.